The number of nitrogens with one attached hydrogen (secondary N) is 1. The van der Waals surface area contributed by atoms with E-state index >= 15 is 0 Å². The Morgan fingerprint density at radius 3 is 2.78 bits per heavy atom. The minimum atomic E-state index is -0.122. The Morgan fingerprint density at radius 2 is 2.13 bits per heavy atom. The van der Waals surface area contributed by atoms with E-state index in [1.54, 1.807) is 24.5 Å². The first kappa shape index (κ1) is 14.5. The molecule has 1 saturated carbocycles. The summed E-state index contributed by atoms with van der Waals surface area (Å²) in [6.07, 6.45) is 8.27. The Balaban J connectivity index is 2.10. The van der Waals surface area contributed by atoms with E-state index in [1.165, 1.54) is 12.8 Å². The van der Waals surface area contributed by atoms with Gasteiger partial charge in [-0.05, 0) is 42.2 Å². The van der Waals surface area contributed by atoms with Crippen molar-refractivity contribution in [2.24, 2.45) is 0 Å². The number of carbonyl (C=O) groups is 1. The SMILES string of the molecule is CC(=O)c1c[nH]c(=O)c2c(-c3ccsc3)cn(C3CCCC3)c12. The van der Waals surface area contributed by atoms with Crippen molar-refractivity contribution in [1.82, 2.24) is 9.55 Å². The van der Waals surface area contributed by atoms with Crippen molar-refractivity contribution < 1.29 is 4.79 Å². The van der Waals surface area contributed by atoms with E-state index in [4.69, 9.17) is 0 Å². The minimum absolute atomic E-state index is 0.0135. The molecule has 1 aliphatic carbocycles. The van der Waals surface area contributed by atoms with Crippen LogP contribution >= 0.6 is 11.3 Å². The molecule has 23 heavy (non-hydrogen) atoms. The summed E-state index contributed by atoms with van der Waals surface area (Å²) >= 11 is 1.61. The third-order valence-corrected chi connectivity index (χ3v) is 5.48. The molecule has 1 fully saturated rings. The number of thiophene rings is 1. The van der Waals surface area contributed by atoms with Crippen LogP contribution < -0.4 is 5.56 Å². The molecule has 3 aromatic rings. The molecule has 0 saturated heterocycles. The molecule has 4 nitrogen and oxygen atoms in total. The second-order valence-electron chi connectivity index (χ2n) is 6.21. The van der Waals surface area contributed by atoms with Crippen LogP contribution in [0, 0.1) is 0 Å². The lowest BCUT2D eigenvalue weighted by Gasteiger charge is -2.14. The Hall–Kier alpha value is -2.14. The van der Waals surface area contributed by atoms with Crippen LogP contribution in [0.4, 0.5) is 0 Å². The quantitative estimate of drug-likeness (QED) is 0.726. The first-order chi connectivity index (χ1) is 11.2. The summed E-state index contributed by atoms with van der Waals surface area (Å²) in [5, 5.41) is 4.70. The monoisotopic (exact) mass is 326 g/mol. The molecule has 118 valence electrons. The lowest BCUT2D eigenvalue weighted by Crippen LogP contribution is -2.12. The van der Waals surface area contributed by atoms with Gasteiger partial charge in [-0.3, -0.25) is 9.59 Å². The molecule has 5 heteroatoms. The molecular weight excluding hydrogens is 308 g/mol. The third-order valence-electron chi connectivity index (χ3n) is 4.79. The number of aromatic nitrogens is 2. The van der Waals surface area contributed by atoms with Crippen molar-refractivity contribution in [3.05, 3.63) is 45.1 Å². The van der Waals surface area contributed by atoms with Crippen LogP contribution in [0.3, 0.4) is 0 Å². The summed E-state index contributed by atoms with van der Waals surface area (Å²) in [5.74, 6) is -0.0135. The van der Waals surface area contributed by atoms with Crippen LogP contribution in [0.2, 0.25) is 0 Å². The van der Waals surface area contributed by atoms with E-state index in [-0.39, 0.29) is 11.3 Å². The van der Waals surface area contributed by atoms with E-state index < -0.39 is 0 Å². The normalized spacial score (nSPS) is 15.5. The molecule has 0 aromatic carbocycles. The minimum Gasteiger partial charge on any atom is -0.343 e. The third kappa shape index (κ3) is 2.27. The molecule has 0 spiro atoms. The van der Waals surface area contributed by atoms with Crippen molar-refractivity contribution in [1.29, 1.82) is 0 Å². The number of carbonyl (C=O) groups excluding carboxylic acids is 1. The number of aromatic amines is 1. The van der Waals surface area contributed by atoms with Crippen LogP contribution in [0.5, 0.6) is 0 Å². The van der Waals surface area contributed by atoms with E-state index in [9.17, 15) is 9.59 Å². The molecule has 4 rings (SSSR count). The lowest BCUT2D eigenvalue weighted by atomic mass is 10.1. The molecule has 3 aromatic heterocycles. The number of ketones is 1. The first-order valence-corrected chi connectivity index (χ1v) is 8.91. The number of pyridine rings is 1. The van der Waals surface area contributed by atoms with Crippen LogP contribution in [-0.2, 0) is 0 Å². The highest BCUT2D eigenvalue weighted by Gasteiger charge is 2.24. The number of hydrogen-bond acceptors (Lipinski definition) is 3. The Morgan fingerprint density at radius 1 is 1.35 bits per heavy atom. The van der Waals surface area contributed by atoms with Gasteiger partial charge in [-0.2, -0.15) is 11.3 Å². The number of fused-ring (bicyclic) bond motifs is 1. The van der Waals surface area contributed by atoms with Crippen molar-refractivity contribution in [2.75, 3.05) is 0 Å². The molecule has 0 bridgehead atoms. The predicted molar refractivity (Wildman–Crippen MR) is 93.4 cm³/mol. The largest absolute Gasteiger partial charge is 0.343 e. The van der Waals surface area contributed by atoms with Crippen LogP contribution in [-0.4, -0.2) is 15.3 Å². The van der Waals surface area contributed by atoms with Gasteiger partial charge in [0.1, 0.15) is 0 Å². The van der Waals surface area contributed by atoms with Crippen LogP contribution in [0.1, 0.15) is 49.0 Å². The smallest absolute Gasteiger partial charge is 0.258 e. The number of Topliss-reactive ketones (excluding diaryl/α,β-unsaturated/α-hetero) is 1. The van der Waals surface area contributed by atoms with Crippen LogP contribution in [0.25, 0.3) is 22.0 Å². The van der Waals surface area contributed by atoms with Crippen molar-refractivity contribution in [3.63, 3.8) is 0 Å². The second-order valence-corrected chi connectivity index (χ2v) is 6.99. The average molecular weight is 326 g/mol. The first-order valence-electron chi connectivity index (χ1n) is 7.96. The topological polar surface area (TPSA) is 54.9 Å². The Bertz CT molecular complexity index is 928. The standard InChI is InChI=1S/C18H18N2O2S/c1-11(21)14-8-19-18(22)16-15(12-6-7-23-10-12)9-20(17(14)16)13-4-2-3-5-13/h6-10,13H,2-5H2,1H3,(H,19,22). The summed E-state index contributed by atoms with van der Waals surface area (Å²) in [7, 11) is 0. The van der Waals surface area contributed by atoms with Gasteiger partial charge in [-0.15, -0.1) is 0 Å². The average Bonchev–Trinajstić information content (AvgIpc) is 3.27. The zero-order valence-electron chi connectivity index (χ0n) is 13.0. The van der Waals surface area contributed by atoms with Crippen LogP contribution in [0.15, 0.2) is 34.0 Å². The Kier molecular flexibility index (Phi) is 3.45. The van der Waals surface area contributed by atoms with E-state index in [0.29, 0.717) is 17.0 Å². The number of nitrogens with zero attached hydrogens (tertiary/aromatic N) is 1. The highest BCUT2D eigenvalue weighted by molar-refractivity contribution is 7.08. The number of H-pyrrole nitrogens is 1. The van der Waals surface area contributed by atoms with Crippen molar-refractivity contribution >= 4 is 28.0 Å². The fourth-order valence-corrected chi connectivity index (χ4v) is 4.34. The molecule has 0 radical (unpaired) electrons. The van der Waals surface area contributed by atoms with Gasteiger partial charge in [0.25, 0.3) is 5.56 Å². The van der Waals surface area contributed by atoms with Crippen molar-refractivity contribution in [2.45, 2.75) is 38.6 Å². The summed E-state index contributed by atoms with van der Waals surface area (Å²) in [6, 6.07) is 2.41. The maximum atomic E-state index is 12.5. The molecule has 0 atom stereocenters. The van der Waals surface area contributed by atoms with Gasteiger partial charge in [0.2, 0.25) is 0 Å². The van der Waals surface area contributed by atoms with Gasteiger partial charge in [0.05, 0.1) is 16.5 Å². The van der Waals surface area contributed by atoms with Gasteiger partial charge in [0.15, 0.2) is 5.78 Å². The summed E-state index contributed by atoms with van der Waals surface area (Å²) in [6.45, 7) is 1.56. The van der Waals surface area contributed by atoms with Gasteiger partial charge in [-0.25, -0.2) is 0 Å². The van der Waals surface area contributed by atoms with Gasteiger partial charge in [-0.1, -0.05) is 12.8 Å². The molecule has 0 aliphatic heterocycles. The molecule has 1 aliphatic rings. The van der Waals surface area contributed by atoms with E-state index in [1.807, 2.05) is 16.8 Å². The zero-order chi connectivity index (χ0) is 16.0. The summed E-state index contributed by atoms with van der Waals surface area (Å²) < 4.78 is 2.18. The fraction of sp³-hybridized carbons (Fsp3) is 0.333. The highest BCUT2D eigenvalue weighted by atomic mass is 32.1. The summed E-state index contributed by atoms with van der Waals surface area (Å²) in [5.41, 5.74) is 3.26. The molecule has 0 amide bonds. The molecule has 3 heterocycles. The zero-order valence-corrected chi connectivity index (χ0v) is 13.8. The fourth-order valence-electron chi connectivity index (χ4n) is 3.68. The Labute approximate surface area is 137 Å². The molecule has 1 N–H and O–H groups in total. The van der Waals surface area contributed by atoms with Gasteiger partial charge in [0, 0.05) is 24.0 Å². The predicted octanol–water partition coefficient (Wildman–Crippen LogP) is 4.38. The maximum absolute atomic E-state index is 12.5. The van der Waals surface area contributed by atoms with Gasteiger partial charge < -0.3 is 9.55 Å². The van der Waals surface area contributed by atoms with Gasteiger partial charge >= 0.3 is 0 Å². The highest BCUT2D eigenvalue weighted by Crippen LogP contribution is 2.38. The molecular formula is C18H18N2O2S. The van der Waals surface area contributed by atoms with Crippen molar-refractivity contribution in [3.8, 4) is 11.1 Å². The van der Waals surface area contributed by atoms with E-state index in [0.717, 1.165) is 29.5 Å². The lowest BCUT2D eigenvalue weighted by molar-refractivity contribution is 0.101. The summed E-state index contributed by atoms with van der Waals surface area (Å²) in [4.78, 5) is 27.4. The number of rotatable bonds is 3. The second kappa shape index (κ2) is 5.49. The molecule has 0 unspecified atom stereocenters. The number of hydrogen-bond donors (Lipinski definition) is 1. The van der Waals surface area contributed by atoms with E-state index in [2.05, 4.69) is 15.7 Å². The maximum Gasteiger partial charge on any atom is 0.258 e.